The fourth-order valence-electron chi connectivity index (χ4n) is 1.74. The van der Waals surface area contributed by atoms with Crippen LogP contribution in [0.2, 0.25) is 0 Å². The van der Waals surface area contributed by atoms with Gasteiger partial charge in [0.05, 0.1) is 12.6 Å². The summed E-state index contributed by atoms with van der Waals surface area (Å²) in [7, 11) is 2.48. The van der Waals surface area contributed by atoms with Crippen LogP contribution in [-0.2, 0) is 16.2 Å². The molecule has 21 heavy (non-hydrogen) atoms. The third kappa shape index (κ3) is 6.23. The minimum Gasteiger partial charge on any atom is -0.326 e. The smallest absolute Gasteiger partial charge is 0.326 e. The molecule has 1 aromatic carbocycles. The zero-order valence-corrected chi connectivity index (χ0v) is 13.6. The molecule has 0 fully saturated rings. The van der Waals surface area contributed by atoms with Gasteiger partial charge in [-0.3, -0.25) is 9.63 Å². The lowest BCUT2D eigenvalue weighted by atomic mass is 9.98. The van der Waals surface area contributed by atoms with Crippen LogP contribution in [0.25, 0.3) is 0 Å². The van der Waals surface area contributed by atoms with Crippen molar-refractivity contribution in [3.8, 4) is 0 Å². The van der Waals surface area contributed by atoms with Crippen LogP contribution in [0.3, 0.4) is 0 Å². The van der Waals surface area contributed by atoms with Crippen LogP contribution in [0.5, 0.6) is 0 Å². The van der Waals surface area contributed by atoms with Crippen molar-refractivity contribution in [3.05, 3.63) is 35.9 Å². The Morgan fingerprint density at radius 2 is 1.95 bits per heavy atom. The fourth-order valence-corrected chi connectivity index (χ4v) is 2.09. The third-order valence-electron chi connectivity index (χ3n) is 3.23. The summed E-state index contributed by atoms with van der Waals surface area (Å²) in [4.78, 5) is 28.9. The Hall–Kier alpha value is -1.45. The highest BCUT2D eigenvalue weighted by atomic mass is 31.0. The van der Waals surface area contributed by atoms with Crippen LogP contribution >= 0.6 is 9.24 Å². The van der Waals surface area contributed by atoms with Gasteiger partial charge in [-0.05, 0) is 18.1 Å². The summed E-state index contributed by atoms with van der Waals surface area (Å²) in [5.74, 6) is -0.0354. The maximum atomic E-state index is 12.0. The number of carbonyl (C=O) groups excluding carboxylic acids is 2. The first-order valence-electron chi connectivity index (χ1n) is 7.04. The van der Waals surface area contributed by atoms with E-state index in [4.69, 9.17) is 4.84 Å². The largest absolute Gasteiger partial charge is 0.339 e. The standard InChI is InChI=1S/C15H23N2O3P/c1-3-11(2)14(18)13(10-21)16-15(19)17-20-9-12-7-5-4-6-8-12/h4-8,11,13H,3,9-10,21H2,1-2H3,(H2,16,17,19)/t11-,13?/m0/s1. The molecule has 0 bridgehead atoms. The first-order chi connectivity index (χ1) is 10.1. The number of nitrogens with one attached hydrogen (secondary N) is 2. The van der Waals surface area contributed by atoms with Gasteiger partial charge in [-0.1, -0.05) is 44.2 Å². The number of urea groups is 1. The van der Waals surface area contributed by atoms with Gasteiger partial charge in [0.1, 0.15) is 0 Å². The van der Waals surface area contributed by atoms with Crippen molar-refractivity contribution in [1.82, 2.24) is 10.8 Å². The highest BCUT2D eigenvalue weighted by molar-refractivity contribution is 7.16. The maximum absolute atomic E-state index is 12.0. The van der Waals surface area contributed by atoms with Gasteiger partial charge in [-0.2, -0.15) is 0 Å². The molecule has 116 valence electrons. The van der Waals surface area contributed by atoms with Gasteiger partial charge < -0.3 is 5.32 Å². The second kappa shape index (κ2) is 9.48. The summed E-state index contributed by atoms with van der Waals surface area (Å²) in [6.45, 7) is 4.09. The Morgan fingerprint density at radius 1 is 1.29 bits per heavy atom. The summed E-state index contributed by atoms with van der Waals surface area (Å²) in [6, 6.07) is 8.49. The van der Waals surface area contributed by atoms with E-state index in [-0.39, 0.29) is 18.3 Å². The number of rotatable bonds is 8. The Balaban J connectivity index is 2.36. The molecule has 0 heterocycles. The Bertz CT molecular complexity index is 453. The van der Waals surface area contributed by atoms with E-state index >= 15 is 0 Å². The third-order valence-corrected chi connectivity index (χ3v) is 3.70. The SMILES string of the molecule is CC[C@H](C)C(=O)C(CP)NC(=O)NOCc1ccccc1. The number of amides is 2. The molecule has 0 saturated carbocycles. The molecular formula is C15H23N2O3P. The number of hydroxylamine groups is 1. The lowest BCUT2D eigenvalue weighted by Crippen LogP contribution is -2.48. The maximum Gasteiger partial charge on any atom is 0.339 e. The van der Waals surface area contributed by atoms with Crippen molar-refractivity contribution in [1.29, 1.82) is 0 Å². The summed E-state index contributed by atoms with van der Waals surface area (Å²) in [5.41, 5.74) is 3.25. The number of benzene rings is 1. The Labute approximate surface area is 128 Å². The van der Waals surface area contributed by atoms with E-state index in [0.717, 1.165) is 12.0 Å². The minimum absolute atomic E-state index is 0.0331. The molecule has 0 aliphatic rings. The fraction of sp³-hybridized carbons (Fsp3) is 0.467. The van der Waals surface area contributed by atoms with Gasteiger partial charge in [0.25, 0.3) is 0 Å². The molecular weight excluding hydrogens is 287 g/mol. The molecule has 0 aromatic heterocycles. The summed E-state index contributed by atoms with van der Waals surface area (Å²) in [5, 5.41) is 2.62. The van der Waals surface area contributed by atoms with Gasteiger partial charge in [0.2, 0.25) is 0 Å². The molecule has 1 rings (SSSR count). The quantitative estimate of drug-likeness (QED) is 0.572. The molecule has 1 aromatic rings. The van der Waals surface area contributed by atoms with E-state index < -0.39 is 12.1 Å². The predicted molar refractivity (Wildman–Crippen MR) is 85.7 cm³/mol. The minimum atomic E-state index is -0.509. The molecule has 0 spiro atoms. The molecule has 2 amide bonds. The normalized spacial score (nSPS) is 13.3. The van der Waals surface area contributed by atoms with Crippen molar-refractivity contribution in [2.24, 2.45) is 5.92 Å². The van der Waals surface area contributed by atoms with Crippen molar-refractivity contribution in [3.63, 3.8) is 0 Å². The van der Waals surface area contributed by atoms with E-state index in [1.165, 1.54) is 0 Å². The van der Waals surface area contributed by atoms with E-state index in [1.807, 2.05) is 44.2 Å². The Morgan fingerprint density at radius 3 is 2.52 bits per heavy atom. The van der Waals surface area contributed by atoms with Crippen molar-refractivity contribution in [2.75, 3.05) is 6.16 Å². The number of carbonyl (C=O) groups is 2. The average molecular weight is 310 g/mol. The molecule has 2 N–H and O–H groups in total. The van der Waals surface area contributed by atoms with Crippen molar-refractivity contribution < 1.29 is 14.4 Å². The molecule has 0 saturated heterocycles. The van der Waals surface area contributed by atoms with Crippen LogP contribution in [0.4, 0.5) is 4.79 Å². The highest BCUT2D eigenvalue weighted by Crippen LogP contribution is 2.07. The highest BCUT2D eigenvalue weighted by Gasteiger charge is 2.22. The lowest BCUT2D eigenvalue weighted by Gasteiger charge is -2.19. The zero-order valence-electron chi connectivity index (χ0n) is 12.5. The van der Waals surface area contributed by atoms with Gasteiger partial charge in [0, 0.05) is 5.92 Å². The molecule has 0 aliphatic heterocycles. The first kappa shape index (κ1) is 17.6. The van der Waals surface area contributed by atoms with Gasteiger partial charge in [0.15, 0.2) is 5.78 Å². The monoisotopic (exact) mass is 310 g/mol. The van der Waals surface area contributed by atoms with Crippen LogP contribution in [0.15, 0.2) is 30.3 Å². The van der Waals surface area contributed by atoms with Crippen molar-refractivity contribution >= 4 is 21.1 Å². The topological polar surface area (TPSA) is 67.4 Å². The van der Waals surface area contributed by atoms with Crippen LogP contribution in [0.1, 0.15) is 25.8 Å². The summed E-state index contributed by atoms with van der Waals surface area (Å²) in [6.07, 6.45) is 1.24. The summed E-state index contributed by atoms with van der Waals surface area (Å²) >= 11 is 0. The molecule has 2 unspecified atom stereocenters. The van der Waals surface area contributed by atoms with Crippen LogP contribution < -0.4 is 10.8 Å². The van der Waals surface area contributed by atoms with Crippen LogP contribution in [0, 0.1) is 5.92 Å². The molecule has 5 nitrogen and oxygen atoms in total. The van der Waals surface area contributed by atoms with E-state index in [1.54, 1.807) is 0 Å². The first-order valence-corrected chi connectivity index (χ1v) is 7.86. The van der Waals surface area contributed by atoms with Crippen molar-refractivity contribution in [2.45, 2.75) is 32.9 Å². The van der Waals surface area contributed by atoms with E-state index in [2.05, 4.69) is 20.0 Å². The zero-order chi connectivity index (χ0) is 15.7. The Kier molecular flexibility index (Phi) is 7.95. The van der Waals surface area contributed by atoms with E-state index in [9.17, 15) is 9.59 Å². The second-order valence-electron chi connectivity index (χ2n) is 4.85. The molecule has 0 radical (unpaired) electrons. The number of hydrogen-bond acceptors (Lipinski definition) is 3. The molecule has 6 heteroatoms. The number of hydrogen-bond donors (Lipinski definition) is 2. The molecule has 0 aliphatic carbocycles. The van der Waals surface area contributed by atoms with Gasteiger partial charge >= 0.3 is 6.03 Å². The number of Topliss-reactive ketones (excluding diaryl/α,β-unsaturated/α-hetero) is 1. The van der Waals surface area contributed by atoms with E-state index in [0.29, 0.717) is 6.16 Å². The van der Waals surface area contributed by atoms with Crippen LogP contribution in [-0.4, -0.2) is 24.0 Å². The van der Waals surface area contributed by atoms with Gasteiger partial charge in [-0.25, -0.2) is 10.3 Å². The summed E-state index contributed by atoms with van der Waals surface area (Å²) < 4.78 is 0. The predicted octanol–water partition coefficient (Wildman–Crippen LogP) is 2.28. The molecule has 3 atom stereocenters. The lowest BCUT2D eigenvalue weighted by molar-refractivity contribution is -0.123. The average Bonchev–Trinajstić information content (AvgIpc) is 2.52. The number of ketones is 1. The van der Waals surface area contributed by atoms with Gasteiger partial charge in [-0.15, -0.1) is 9.24 Å². The second-order valence-corrected chi connectivity index (χ2v) is 5.32.